The molecule has 2 aromatic carbocycles. The van der Waals surface area contributed by atoms with Crippen molar-refractivity contribution in [3.05, 3.63) is 87.8 Å². The number of carbonyl (C=O) groups excluding carboxylic acids is 1. The van der Waals surface area contributed by atoms with E-state index in [9.17, 15) is 14.7 Å². The minimum atomic E-state index is -0.797. The van der Waals surface area contributed by atoms with Gasteiger partial charge in [0.25, 0.3) is 0 Å². The first-order valence-electron chi connectivity index (χ1n) is 10.3. The van der Waals surface area contributed by atoms with Gasteiger partial charge in [-0.1, -0.05) is 41.5 Å². The van der Waals surface area contributed by atoms with E-state index in [0.29, 0.717) is 5.56 Å². The first-order chi connectivity index (χ1) is 15.4. The summed E-state index contributed by atoms with van der Waals surface area (Å²) >= 11 is 0. The topological polar surface area (TPSA) is 86.0 Å². The largest absolute Gasteiger partial charge is 0.507 e. The summed E-state index contributed by atoms with van der Waals surface area (Å²) in [6.07, 6.45) is 5.78. The lowest BCUT2D eigenvalue weighted by atomic mass is 10.1. The van der Waals surface area contributed by atoms with E-state index in [1.54, 1.807) is 30.3 Å². The molecule has 0 atom stereocenters. The van der Waals surface area contributed by atoms with Crippen molar-refractivity contribution in [3.8, 4) is 17.2 Å². The predicted molar refractivity (Wildman–Crippen MR) is 123 cm³/mol. The molecular weight excluding hydrogens is 408 g/mol. The summed E-state index contributed by atoms with van der Waals surface area (Å²) in [5, 5.41) is 10.5. The van der Waals surface area contributed by atoms with Crippen molar-refractivity contribution >= 4 is 16.9 Å². The zero-order valence-electron chi connectivity index (χ0n) is 18.4. The predicted octanol–water partition coefficient (Wildman–Crippen LogP) is 5.79. The van der Waals surface area contributed by atoms with Crippen LogP contribution in [0.4, 0.5) is 0 Å². The van der Waals surface area contributed by atoms with E-state index in [4.69, 9.17) is 13.9 Å². The van der Waals surface area contributed by atoms with Gasteiger partial charge in [-0.25, -0.2) is 9.59 Å². The molecule has 0 spiro atoms. The van der Waals surface area contributed by atoms with Crippen LogP contribution in [0.1, 0.15) is 44.0 Å². The summed E-state index contributed by atoms with van der Waals surface area (Å²) in [5.41, 5.74) is 1.94. The summed E-state index contributed by atoms with van der Waals surface area (Å²) in [4.78, 5) is 25.3. The highest BCUT2D eigenvalue weighted by Gasteiger charge is 2.23. The first kappa shape index (κ1) is 22.9. The second-order valence-corrected chi connectivity index (χ2v) is 7.64. The molecule has 0 saturated carbocycles. The van der Waals surface area contributed by atoms with Crippen molar-refractivity contribution in [2.45, 2.75) is 33.6 Å². The summed E-state index contributed by atoms with van der Waals surface area (Å²) < 4.78 is 16.5. The van der Waals surface area contributed by atoms with Crippen LogP contribution in [0.3, 0.4) is 0 Å². The van der Waals surface area contributed by atoms with Crippen LogP contribution in [0, 0.1) is 0 Å². The number of rotatable bonds is 8. The molecule has 166 valence electrons. The highest BCUT2D eigenvalue weighted by molar-refractivity contribution is 5.97. The number of hydrogen-bond donors (Lipinski definition) is 1. The van der Waals surface area contributed by atoms with E-state index in [2.05, 4.69) is 19.9 Å². The minimum absolute atomic E-state index is 0.0837. The van der Waals surface area contributed by atoms with Gasteiger partial charge in [0.15, 0.2) is 5.75 Å². The summed E-state index contributed by atoms with van der Waals surface area (Å²) in [6.45, 7) is 6.16. The molecule has 0 aliphatic rings. The standard InChI is InChI=1S/C26H26O6/c1-17(2)9-7-10-18(3)15-16-30-24-23(32-25(28)19-11-5-4-6-12-19)22-20(27)13-8-14-21(22)31-26(24)29/h4-6,8-9,11-15,27H,7,10,16H2,1-3H3/b18-15+. The number of phenols is 1. The van der Waals surface area contributed by atoms with Gasteiger partial charge in [0.05, 0.1) is 5.56 Å². The molecular formula is C26H26O6. The normalized spacial score (nSPS) is 11.3. The maximum atomic E-state index is 12.7. The number of hydrogen-bond acceptors (Lipinski definition) is 6. The van der Waals surface area contributed by atoms with Crippen molar-refractivity contribution < 1.29 is 23.8 Å². The third kappa shape index (κ3) is 5.66. The Kier molecular flexibility index (Phi) is 7.49. The van der Waals surface area contributed by atoms with E-state index in [1.807, 2.05) is 13.0 Å². The van der Waals surface area contributed by atoms with Gasteiger partial charge in [0.2, 0.25) is 5.75 Å². The maximum Gasteiger partial charge on any atom is 0.383 e. The Morgan fingerprint density at radius 2 is 1.75 bits per heavy atom. The number of fused-ring (bicyclic) bond motifs is 1. The number of benzene rings is 2. The molecule has 0 unspecified atom stereocenters. The van der Waals surface area contributed by atoms with Gasteiger partial charge < -0.3 is 19.0 Å². The Labute approximate surface area is 186 Å². The van der Waals surface area contributed by atoms with Crippen LogP contribution >= 0.6 is 0 Å². The minimum Gasteiger partial charge on any atom is -0.507 e. The van der Waals surface area contributed by atoms with E-state index in [0.717, 1.165) is 18.4 Å². The molecule has 0 bridgehead atoms. The van der Waals surface area contributed by atoms with Crippen molar-refractivity contribution in [2.75, 3.05) is 6.61 Å². The van der Waals surface area contributed by atoms with E-state index < -0.39 is 11.6 Å². The quantitative estimate of drug-likeness (QED) is 0.274. The molecule has 0 aliphatic heterocycles. The van der Waals surface area contributed by atoms with Gasteiger partial charge in [-0.3, -0.25) is 0 Å². The van der Waals surface area contributed by atoms with Crippen molar-refractivity contribution in [1.82, 2.24) is 0 Å². The van der Waals surface area contributed by atoms with Gasteiger partial charge in [-0.15, -0.1) is 0 Å². The fourth-order valence-corrected chi connectivity index (χ4v) is 3.09. The number of ether oxygens (including phenoxy) is 2. The molecule has 1 aromatic heterocycles. The molecule has 0 radical (unpaired) electrons. The average molecular weight is 434 g/mol. The Bertz CT molecular complexity index is 1210. The second-order valence-electron chi connectivity index (χ2n) is 7.64. The van der Waals surface area contributed by atoms with E-state index in [1.165, 1.54) is 23.8 Å². The van der Waals surface area contributed by atoms with Crippen molar-refractivity contribution in [3.63, 3.8) is 0 Å². The van der Waals surface area contributed by atoms with Crippen LogP contribution in [0.25, 0.3) is 11.0 Å². The monoisotopic (exact) mass is 434 g/mol. The second kappa shape index (κ2) is 10.5. The van der Waals surface area contributed by atoms with Crippen LogP contribution in [0.5, 0.6) is 17.2 Å². The van der Waals surface area contributed by atoms with Gasteiger partial charge in [0.1, 0.15) is 23.3 Å². The summed E-state index contributed by atoms with van der Waals surface area (Å²) in [5.74, 6) is -1.31. The lowest BCUT2D eigenvalue weighted by Gasteiger charge is -2.13. The zero-order chi connectivity index (χ0) is 23.1. The maximum absolute atomic E-state index is 12.7. The van der Waals surface area contributed by atoms with Crippen LogP contribution in [-0.2, 0) is 0 Å². The molecule has 0 saturated heterocycles. The van der Waals surface area contributed by atoms with Crippen LogP contribution < -0.4 is 15.1 Å². The molecule has 3 rings (SSSR count). The SMILES string of the molecule is CC(C)=CCC/C(C)=C/COc1c(OC(=O)c2ccccc2)c2c(O)cccc2oc1=O. The molecule has 6 nitrogen and oxygen atoms in total. The van der Waals surface area contributed by atoms with Crippen LogP contribution in [-0.4, -0.2) is 17.7 Å². The first-order valence-corrected chi connectivity index (χ1v) is 10.3. The van der Waals surface area contributed by atoms with Gasteiger partial charge in [-0.05, 0) is 64.0 Å². The Morgan fingerprint density at radius 3 is 2.47 bits per heavy atom. The molecule has 3 aromatic rings. The van der Waals surface area contributed by atoms with Crippen molar-refractivity contribution in [2.24, 2.45) is 0 Å². The molecule has 6 heteroatoms. The number of phenolic OH excluding ortho intramolecular Hbond substituents is 1. The van der Waals surface area contributed by atoms with Crippen molar-refractivity contribution in [1.29, 1.82) is 0 Å². The third-order valence-electron chi connectivity index (χ3n) is 4.78. The van der Waals surface area contributed by atoms with Gasteiger partial charge in [-0.2, -0.15) is 0 Å². The molecule has 0 fully saturated rings. The third-order valence-corrected chi connectivity index (χ3v) is 4.78. The summed E-state index contributed by atoms with van der Waals surface area (Å²) in [7, 11) is 0. The Hall–Kier alpha value is -3.80. The Morgan fingerprint density at radius 1 is 1.00 bits per heavy atom. The molecule has 1 N–H and O–H groups in total. The fourth-order valence-electron chi connectivity index (χ4n) is 3.09. The number of allylic oxidation sites excluding steroid dienone is 3. The lowest BCUT2D eigenvalue weighted by Crippen LogP contribution is -2.14. The number of aromatic hydroxyl groups is 1. The van der Waals surface area contributed by atoms with Gasteiger partial charge in [0, 0.05) is 0 Å². The highest BCUT2D eigenvalue weighted by Crippen LogP contribution is 2.38. The van der Waals surface area contributed by atoms with Gasteiger partial charge >= 0.3 is 11.6 Å². The fraction of sp³-hybridized carbons (Fsp3) is 0.231. The Balaban J connectivity index is 1.93. The molecule has 1 heterocycles. The molecule has 32 heavy (non-hydrogen) atoms. The number of carbonyl (C=O) groups is 1. The van der Waals surface area contributed by atoms with Crippen LogP contribution in [0.2, 0.25) is 0 Å². The molecule has 0 amide bonds. The molecule has 0 aliphatic carbocycles. The smallest absolute Gasteiger partial charge is 0.383 e. The lowest BCUT2D eigenvalue weighted by molar-refractivity contribution is 0.0730. The summed E-state index contributed by atoms with van der Waals surface area (Å²) in [6, 6.07) is 12.8. The zero-order valence-corrected chi connectivity index (χ0v) is 18.4. The van der Waals surface area contributed by atoms with E-state index in [-0.39, 0.29) is 34.8 Å². The van der Waals surface area contributed by atoms with E-state index >= 15 is 0 Å². The highest BCUT2D eigenvalue weighted by atomic mass is 16.6. The van der Waals surface area contributed by atoms with Crippen LogP contribution in [0.15, 0.2) is 81.0 Å². The number of esters is 1. The average Bonchev–Trinajstić information content (AvgIpc) is 2.75.